The number of ether oxygens (including phenoxy) is 1. The lowest BCUT2D eigenvalue weighted by atomic mass is 9.70. The van der Waals surface area contributed by atoms with Crippen LogP contribution >= 0.6 is 0 Å². The molecule has 0 saturated heterocycles. The first-order valence-corrected chi connectivity index (χ1v) is 7.40. The van der Waals surface area contributed by atoms with E-state index in [1.165, 1.54) is 0 Å². The summed E-state index contributed by atoms with van der Waals surface area (Å²) < 4.78 is 5.95. The normalized spacial score (nSPS) is 18.7. The minimum Gasteiger partial charge on any atom is -0.362 e. The molecule has 0 bridgehead atoms. The van der Waals surface area contributed by atoms with E-state index in [0.717, 1.165) is 11.1 Å². The molecule has 0 N–H and O–H groups in total. The predicted octanol–water partition coefficient (Wildman–Crippen LogP) is 4.63. The van der Waals surface area contributed by atoms with Gasteiger partial charge in [0.15, 0.2) is 5.78 Å². The maximum absolute atomic E-state index is 12.8. The highest BCUT2D eigenvalue weighted by Crippen LogP contribution is 2.41. The molecule has 0 aromatic heterocycles. The molecule has 0 radical (unpaired) electrons. The maximum atomic E-state index is 12.8. The van der Waals surface area contributed by atoms with Crippen LogP contribution in [0.4, 0.5) is 0 Å². The molecule has 1 aliphatic rings. The van der Waals surface area contributed by atoms with Crippen LogP contribution in [0.1, 0.15) is 48.5 Å². The molecule has 21 heavy (non-hydrogen) atoms. The Morgan fingerprint density at radius 1 is 1.14 bits per heavy atom. The number of carbonyl (C=O) groups is 1. The first-order chi connectivity index (χ1) is 9.41. The van der Waals surface area contributed by atoms with Gasteiger partial charge in [0.25, 0.3) is 0 Å². The summed E-state index contributed by atoms with van der Waals surface area (Å²) in [6.07, 6.45) is 5.67. The molecule has 0 atom stereocenters. The van der Waals surface area contributed by atoms with Gasteiger partial charge in [-0.3, -0.25) is 4.79 Å². The van der Waals surface area contributed by atoms with E-state index in [1.54, 1.807) is 6.08 Å². The van der Waals surface area contributed by atoms with Crippen LogP contribution in [0.3, 0.4) is 0 Å². The van der Waals surface area contributed by atoms with Gasteiger partial charge in [-0.05, 0) is 36.0 Å². The zero-order valence-corrected chi connectivity index (χ0v) is 14.5. The summed E-state index contributed by atoms with van der Waals surface area (Å²) in [7, 11) is 0. The highest BCUT2D eigenvalue weighted by atomic mass is 16.5. The lowest BCUT2D eigenvalue weighted by molar-refractivity contribution is -0.114. The number of carbonyl (C=O) groups excluding carboxylic acids is 1. The Balaban J connectivity index is 3.33. The van der Waals surface area contributed by atoms with Crippen molar-refractivity contribution in [1.29, 1.82) is 0 Å². The first-order valence-electron chi connectivity index (χ1n) is 7.40. The lowest BCUT2D eigenvalue weighted by Crippen LogP contribution is -2.37. The van der Waals surface area contributed by atoms with E-state index in [-0.39, 0.29) is 16.6 Å². The number of ketones is 1. The Morgan fingerprint density at radius 3 is 1.90 bits per heavy atom. The van der Waals surface area contributed by atoms with Crippen molar-refractivity contribution < 1.29 is 9.53 Å². The van der Waals surface area contributed by atoms with Gasteiger partial charge >= 0.3 is 0 Å². The number of allylic oxidation sites excluding steroid dienone is 2. The molecule has 116 valence electrons. The highest BCUT2D eigenvalue weighted by molar-refractivity contribution is 6.11. The quantitative estimate of drug-likeness (QED) is 0.708. The minimum atomic E-state index is -0.577. The van der Waals surface area contributed by atoms with E-state index in [4.69, 9.17) is 4.74 Å². The SMILES string of the molecule is C=C=CCOC1(C)C=C(C(C)(C)C)C(=O)C(C(C)(C)C)=C1. The second-order valence-electron chi connectivity index (χ2n) is 7.85. The molecular formula is C19H28O2. The van der Waals surface area contributed by atoms with E-state index < -0.39 is 5.60 Å². The molecule has 0 fully saturated rings. The van der Waals surface area contributed by atoms with E-state index in [1.807, 2.05) is 19.1 Å². The Kier molecular flexibility index (Phi) is 4.87. The van der Waals surface area contributed by atoms with Crippen LogP contribution < -0.4 is 0 Å². The van der Waals surface area contributed by atoms with Crippen molar-refractivity contribution in [2.24, 2.45) is 10.8 Å². The summed E-state index contributed by atoms with van der Waals surface area (Å²) in [6.45, 7) is 18.3. The zero-order valence-electron chi connectivity index (χ0n) is 14.5. The Labute approximate surface area is 129 Å². The van der Waals surface area contributed by atoms with Crippen molar-refractivity contribution in [2.75, 3.05) is 6.61 Å². The molecule has 0 heterocycles. The molecule has 0 aromatic rings. The second kappa shape index (κ2) is 5.79. The second-order valence-corrected chi connectivity index (χ2v) is 7.85. The molecular weight excluding hydrogens is 260 g/mol. The van der Waals surface area contributed by atoms with Gasteiger partial charge < -0.3 is 4.74 Å². The van der Waals surface area contributed by atoms with E-state index in [2.05, 4.69) is 53.9 Å². The summed E-state index contributed by atoms with van der Waals surface area (Å²) in [5.74, 6) is 0.135. The maximum Gasteiger partial charge on any atom is 0.185 e. The summed E-state index contributed by atoms with van der Waals surface area (Å²) in [5, 5.41) is 0. The number of hydrogen-bond donors (Lipinski definition) is 0. The minimum absolute atomic E-state index is 0.135. The third-order valence-corrected chi connectivity index (χ3v) is 3.59. The van der Waals surface area contributed by atoms with Crippen LogP contribution in [-0.2, 0) is 9.53 Å². The van der Waals surface area contributed by atoms with Gasteiger partial charge in [-0.25, -0.2) is 0 Å². The van der Waals surface area contributed by atoms with Crippen molar-refractivity contribution >= 4 is 5.78 Å². The fourth-order valence-corrected chi connectivity index (χ4v) is 2.37. The smallest absolute Gasteiger partial charge is 0.185 e. The number of hydrogen-bond acceptors (Lipinski definition) is 2. The number of Topliss-reactive ketones (excluding diaryl/α,β-unsaturated/α-hetero) is 1. The van der Waals surface area contributed by atoms with Crippen molar-refractivity contribution in [3.63, 3.8) is 0 Å². The van der Waals surface area contributed by atoms with Gasteiger partial charge in [0.1, 0.15) is 5.60 Å². The zero-order chi connectivity index (χ0) is 16.5. The first kappa shape index (κ1) is 17.7. The lowest BCUT2D eigenvalue weighted by Gasteiger charge is -2.37. The van der Waals surface area contributed by atoms with Gasteiger partial charge in [-0.2, -0.15) is 0 Å². The Hall–Kier alpha value is -1.37. The molecule has 0 aliphatic heterocycles. The average molecular weight is 288 g/mol. The predicted molar refractivity (Wildman–Crippen MR) is 88.2 cm³/mol. The molecule has 2 heteroatoms. The molecule has 1 aliphatic carbocycles. The van der Waals surface area contributed by atoms with Crippen LogP contribution in [-0.4, -0.2) is 18.0 Å². The Morgan fingerprint density at radius 2 is 1.57 bits per heavy atom. The van der Waals surface area contributed by atoms with Crippen molar-refractivity contribution in [3.8, 4) is 0 Å². The monoisotopic (exact) mass is 288 g/mol. The molecule has 1 rings (SSSR count). The summed E-state index contributed by atoms with van der Waals surface area (Å²) in [4.78, 5) is 12.8. The fourth-order valence-electron chi connectivity index (χ4n) is 2.37. The van der Waals surface area contributed by atoms with Crippen LogP contribution in [0.15, 0.2) is 41.7 Å². The van der Waals surface area contributed by atoms with Gasteiger partial charge in [-0.1, -0.05) is 48.1 Å². The average Bonchev–Trinajstić information content (AvgIpc) is 2.30. The van der Waals surface area contributed by atoms with E-state index in [9.17, 15) is 4.79 Å². The molecule has 0 amide bonds. The summed E-state index contributed by atoms with van der Waals surface area (Å²) in [5.41, 5.74) is 3.35. The fraction of sp³-hybridized carbons (Fsp3) is 0.579. The molecule has 0 unspecified atom stereocenters. The summed E-state index contributed by atoms with van der Waals surface area (Å²) >= 11 is 0. The molecule has 0 spiro atoms. The standard InChI is InChI=1S/C19H28O2/c1-9-10-11-21-19(8)12-14(17(2,3)4)16(20)15(13-19)18(5,6)7/h10,12-13H,1,11H2,2-8H3. The third kappa shape index (κ3) is 4.30. The van der Waals surface area contributed by atoms with Crippen LogP contribution in [0, 0.1) is 10.8 Å². The van der Waals surface area contributed by atoms with E-state index >= 15 is 0 Å². The highest BCUT2D eigenvalue weighted by Gasteiger charge is 2.39. The van der Waals surface area contributed by atoms with Gasteiger partial charge in [0.05, 0.1) is 6.61 Å². The van der Waals surface area contributed by atoms with Gasteiger partial charge in [0, 0.05) is 11.1 Å². The molecule has 2 nitrogen and oxygen atoms in total. The van der Waals surface area contributed by atoms with Crippen LogP contribution in [0.2, 0.25) is 0 Å². The molecule has 0 aromatic carbocycles. The molecule has 0 saturated carbocycles. The Bertz CT molecular complexity index is 493. The summed E-state index contributed by atoms with van der Waals surface area (Å²) in [6, 6.07) is 0. The largest absolute Gasteiger partial charge is 0.362 e. The topological polar surface area (TPSA) is 26.3 Å². The van der Waals surface area contributed by atoms with Gasteiger partial charge in [0.2, 0.25) is 0 Å². The van der Waals surface area contributed by atoms with E-state index in [0.29, 0.717) is 6.61 Å². The van der Waals surface area contributed by atoms with Crippen molar-refractivity contribution in [2.45, 2.75) is 54.1 Å². The van der Waals surface area contributed by atoms with Crippen molar-refractivity contribution in [1.82, 2.24) is 0 Å². The third-order valence-electron chi connectivity index (χ3n) is 3.59. The van der Waals surface area contributed by atoms with Crippen molar-refractivity contribution in [3.05, 3.63) is 41.7 Å². The van der Waals surface area contributed by atoms with Gasteiger partial charge in [-0.15, -0.1) is 5.73 Å². The van der Waals surface area contributed by atoms with Crippen LogP contribution in [0.5, 0.6) is 0 Å². The van der Waals surface area contributed by atoms with Crippen LogP contribution in [0.25, 0.3) is 0 Å². The number of rotatable bonds is 3.